The van der Waals surface area contributed by atoms with E-state index >= 15 is 0 Å². The summed E-state index contributed by atoms with van der Waals surface area (Å²) in [6, 6.07) is 5.33. The van der Waals surface area contributed by atoms with Crippen molar-refractivity contribution >= 4 is 0 Å². The minimum absolute atomic E-state index is 0.193. The van der Waals surface area contributed by atoms with Crippen LogP contribution >= 0.6 is 0 Å². The molecule has 0 unspecified atom stereocenters. The summed E-state index contributed by atoms with van der Waals surface area (Å²) in [5.74, 6) is 1.70. The molecule has 1 aromatic heterocycles. The molecule has 22 heavy (non-hydrogen) atoms. The van der Waals surface area contributed by atoms with E-state index in [0.29, 0.717) is 34.1 Å². The Bertz CT molecular complexity index is 712. The number of aryl methyl sites for hydroxylation is 1. The fourth-order valence-corrected chi connectivity index (χ4v) is 2.38. The van der Waals surface area contributed by atoms with Gasteiger partial charge in [0, 0.05) is 24.2 Å². The first-order valence-corrected chi connectivity index (χ1v) is 6.79. The second kappa shape index (κ2) is 6.53. The first-order chi connectivity index (χ1) is 10.5. The third kappa shape index (κ3) is 2.78. The largest absolute Gasteiger partial charge is 0.496 e. The van der Waals surface area contributed by atoms with Crippen LogP contribution in [-0.4, -0.2) is 26.3 Å². The quantitative estimate of drug-likeness (QED) is 0.880. The number of pyridine rings is 1. The molecule has 0 fully saturated rings. The lowest BCUT2D eigenvalue weighted by molar-refractivity contribution is 0.377. The van der Waals surface area contributed by atoms with Crippen LogP contribution in [0.4, 0.5) is 0 Å². The molecule has 0 amide bonds. The summed E-state index contributed by atoms with van der Waals surface area (Å²) in [5, 5.41) is 0. The van der Waals surface area contributed by atoms with Crippen LogP contribution in [0.25, 0.3) is 11.3 Å². The molecule has 118 valence electrons. The van der Waals surface area contributed by atoms with Gasteiger partial charge in [-0.15, -0.1) is 0 Å². The molecule has 0 aliphatic rings. The molecule has 6 heteroatoms. The van der Waals surface area contributed by atoms with Crippen molar-refractivity contribution < 1.29 is 14.2 Å². The van der Waals surface area contributed by atoms with Crippen molar-refractivity contribution in [3.63, 3.8) is 0 Å². The van der Waals surface area contributed by atoms with Crippen molar-refractivity contribution in [2.24, 2.45) is 5.73 Å². The number of aromatic amines is 1. The van der Waals surface area contributed by atoms with E-state index in [2.05, 4.69) is 4.98 Å². The predicted octanol–water partition coefficient (Wildman–Crippen LogP) is 1.83. The molecule has 0 saturated heterocycles. The van der Waals surface area contributed by atoms with Gasteiger partial charge < -0.3 is 24.9 Å². The lowest BCUT2D eigenvalue weighted by Gasteiger charge is -2.16. The molecule has 6 nitrogen and oxygen atoms in total. The van der Waals surface area contributed by atoms with Crippen LogP contribution in [0.3, 0.4) is 0 Å². The summed E-state index contributed by atoms with van der Waals surface area (Å²) >= 11 is 0. The number of methoxy groups -OCH3 is 3. The number of nitrogens with one attached hydrogen (secondary N) is 1. The van der Waals surface area contributed by atoms with Crippen LogP contribution in [0.1, 0.15) is 11.1 Å². The maximum Gasteiger partial charge on any atom is 0.253 e. The summed E-state index contributed by atoms with van der Waals surface area (Å²) in [6.07, 6.45) is 0. The monoisotopic (exact) mass is 304 g/mol. The van der Waals surface area contributed by atoms with Gasteiger partial charge in [-0.3, -0.25) is 4.79 Å². The Labute approximate surface area is 128 Å². The Kier molecular flexibility index (Phi) is 4.72. The number of benzene rings is 1. The van der Waals surface area contributed by atoms with Gasteiger partial charge in [0.05, 0.1) is 32.6 Å². The van der Waals surface area contributed by atoms with Gasteiger partial charge in [-0.1, -0.05) is 0 Å². The average Bonchev–Trinajstić information content (AvgIpc) is 2.52. The molecular formula is C16H20N2O4. The van der Waals surface area contributed by atoms with E-state index in [1.165, 1.54) is 0 Å². The number of H-pyrrole nitrogens is 1. The van der Waals surface area contributed by atoms with Crippen molar-refractivity contribution in [2.45, 2.75) is 13.5 Å². The first-order valence-electron chi connectivity index (χ1n) is 6.79. The maximum absolute atomic E-state index is 12.1. The smallest absolute Gasteiger partial charge is 0.253 e. The van der Waals surface area contributed by atoms with Gasteiger partial charge >= 0.3 is 0 Å². The third-order valence-corrected chi connectivity index (χ3v) is 3.55. The first kappa shape index (κ1) is 15.9. The van der Waals surface area contributed by atoms with Crippen molar-refractivity contribution in [3.8, 4) is 28.5 Å². The van der Waals surface area contributed by atoms with Crippen LogP contribution in [0.15, 0.2) is 23.0 Å². The summed E-state index contributed by atoms with van der Waals surface area (Å²) in [7, 11) is 4.67. The van der Waals surface area contributed by atoms with Crippen molar-refractivity contribution in [1.82, 2.24) is 4.98 Å². The molecule has 2 rings (SSSR count). The zero-order valence-corrected chi connectivity index (χ0v) is 13.1. The van der Waals surface area contributed by atoms with E-state index in [1.807, 2.05) is 13.0 Å². The number of hydrogen-bond donors (Lipinski definition) is 2. The Hall–Kier alpha value is -2.47. The topological polar surface area (TPSA) is 86.6 Å². The van der Waals surface area contributed by atoms with E-state index in [-0.39, 0.29) is 12.1 Å². The molecule has 0 aliphatic carbocycles. The van der Waals surface area contributed by atoms with E-state index in [4.69, 9.17) is 19.9 Å². The zero-order valence-electron chi connectivity index (χ0n) is 13.1. The van der Waals surface area contributed by atoms with Crippen molar-refractivity contribution in [2.75, 3.05) is 21.3 Å². The van der Waals surface area contributed by atoms with Crippen LogP contribution < -0.4 is 25.5 Å². The Morgan fingerprint density at radius 2 is 1.64 bits per heavy atom. The number of aromatic nitrogens is 1. The zero-order chi connectivity index (χ0) is 16.3. The van der Waals surface area contributed by atoms with Crippen LogP contribution in [-0.2, 0) is 6.54 Å². The normalized spacial score (nSPS) is 10.4. The lowest BCUT2D eigenvalue weighted by Crippen LogP contribution is -2.18. The van der Waals surface area contributed by atoms with Gasteiger partial charge in [-0.05, 0) is 18.6 Å². The second-order valence-corrected chi connectivity index (χ2v) is 4.78. The van der Waals surface area contributed by atoms with E-state index < -0.39 is 0 Å². The highest BCUT2D eigenvalue weighted by atomic mass is 16.5. The number of hydrogen-bond acceptors (Lipinski definition) is 5. The number of rotatable bonds is 5. The summed E-state index contributed by atoms with van der Waals surface area (Å²) in [5.41, 5.74) is 8.05. The van der Waals surface area contributed by atoms with Crippen molar-refractivity contribution in [1.29, 1.82) is 0 Å². The van der Waals surface area contributed by atoms with Gasteiger partial charge in [0.2, 0.25) is 0 Å². The highest BCUT2D eigenvalue weighted by molar-refractivity contribution is 5.76. The minimum Gasteiger partial charge on any atom is -0.496 e. The minimum atomic E-state index is -0.211. The lowest BCUT2D eigenvalue weighted by atomic mass is 10.0. The Balaban J connectivity index is 2.74. The van der Waals surface area contributed by atoms with Gasteiger partial charge in [-0.25, -0.2) is 0 Å². The number of ether oxygens (including phenoxy) is 3. The molecule has 0 saturated carbocycles. The van der Waals surface area contributed by atoms with Gasteiger partial charge in [0.1, 0.15) is 17.2 Å². The van der Waals surface area contributed by atoms with Crippen LogP contribution in [0, 0.1) is 6.92 Å². The SMILES string of the molecule is COc1cc(OC)c(-c2cc(C)c(CN)c(=O)[nH]2)c(OC)c1. The van der Waals surface area contributed by atoms with Crippen molar-refractivity contribution in [3.05, 3.63) is 39.7 Å². The van der Waals surface area contributed by atoms with E-state index in [1.54, 1.807) is 33.5 Å². The van der Waals surface area contributed by atoms with Gasteiger partial charge in [0.15, 0.2) is 0 Å². The van der Waals surface area contributed by atoms with Gasteiger partial charge in [0.25, 0.3) is 5.56 Å². The van der Waals surface area contributed by atoms with Crippen LogP contribution in [0.5, 0.6) is 17.2 Å². The second-order valence-electron chi connectivity index (χ2n) is 4.78. The molecule has 1 heterocycles. The summed E-state index contributed by atoms with van der Waals surface area (Å²) in [4.78, 5) is 15.0. The molecular weight excluding hydrogens is 284 g/mol. The molecule has 0 spiro atoms. The molecule has 2 aromatic rings. The third-order valence-electron chi connectivity index (χ3n) is 3.55. The Morgan fingerprint density at radius 1 is 1.05 bits per heavy atom. The molecule has 0 radical (unpaired) electrons. The standard InChI is InChI=1S/C16H20N2O4/c1-9-5-12(18-16(19)11(9)8-17)15-13(21-3)6-10(20-2)7-14(15)22-4/h5-7H,8,17H2,1-4H3,(H,18,19). The van der Waals surface area contributed by atoms with E-state index in [9.17, 15) is 4.79 Å². The molecule has 0 atom stereocenters. The molecule has 3 N–H and O–H groups in total. The maximum atomic E-state index is 12.1. The number of nitrogens with two attached hydrogens (primary N) is 1. The highest BCUT2D eigenvalue weighted by Gasteiger charge is 2.17. The summed E-state index contributed by atoms with van der Waals surface area (Å²) in [6.45, 7) is 2.04. The fraction of sp³-hybridized carbons (Fsp3) is 0.312. The fourth-order valence-electron chi connectivity index (χ4n) is 2.38. The predicted molar refractivity (Wildman–Crippen MR) is 84.8 cm³/mol. The van der Waals surface area contributed by atoms with Crippen LogP contribution in [0.2, 0.25) is 0 Å². The average molecular weight is 304 g/mol. The highest BCUT2D eigenvalue weighted by Crippen LogP contribution is 2.40. The van der Waals surface area contributed by atoms with Gasteiger partial charge in [-0.2, -0.15) is 0 Å². The molecule has 0 aliphatic heterocycles. The molecule has 1 aromatic carbocycles. The summed E-state index contributed by atoms with van der Waals surface area (Å²) < 4.78 is 16.1. The Morgan fingerprint density at radius 3 is 2.05 bits per heavy atom. The van der Waals surface area contributed by atoms with E-state index in [0.717, 1.165) is 5.56 Å². The molecule has 0 bridgehead atoms.